The number of hydrogen-bond donors (Lipinski definition) is 1. The Morgan fingerprint density at radius 2 is 1.57 bits per heavy atom. The molecule has 0 spiro atoms. The van der Waals surface area contributed by atoms with Crippen LogP contribution in [0.5, 0.6) is 0 Å². The number of hydrogen-bond acceptors (Lipinski definition) is 4. The van der Waals surface area contributed by atoms with Crippen molar-refractivity contribution in [3.8, 4) is 0 Å². The predicted molar refractivity (Wildman–Crippen MR) is 59.8 cm³/mol. The van der Waals surface area contributed by atoms with E-state index >= 15 is 0 Å². The lowest BCUT2D eigenvalue weighted by molar-refractivity contribution is 0.107. The van der Waals surface area contributed by atoms with Gasteiger partial charge in [0, 0.05) is 5.33 Å². The predicted octanol–water partition coefficient (Wildman–Crippen LogP) is 2.74. The van der Waals surface area contributed by atoms with E-state index in [0.717, 1.165) is 0 Å². The van der Waals surface area contributed by atoms with Crippen molar-refractivity contribution in [3.63, 3.8) is 0 Å². The Bertz CT molecular complexity index is 194. The van der Waals surface area contributed by atoms with Crippen LogP contribution in [-0.4, -0.2) is 28.5 Å². The van der Waals surface area contributed by atoms with Crippen LogP contribution < -0.4 is 0 Å². The Labute approximate surface area is 93.6 Å². The summed E-state index contributed by atoms with van der Waals surface area (Å²) in [5.41, 5.74) is 0. The van der Waals surface area contributed by atoms with Gasteiger partial charge in [0.05, 0.1) is 12.2 Å². The molecule has 0 radical (unpaired) electrons. The Morgan fingerprint density at radius 3 is 1.79 bits per heavy atom. The average molecular weight is 289 g/mol. The van der Waals surface area contributed by atoms with Gasteiger partial charge in [-0.1, -0.05) is 15.9 Å². The second-order valence-electron chi connectivity index (χ2n) is 3.48. The van der Waals surface area contributed by atoms with Gasteiger partial charge in [-0.15, -0.1) is 0 Å². The zero-order chi connectivity index (χ0) is 11.4. The summed E-state index contributed by atoms with van der Waals surface area (Å²) in [4.78, 5) is 0. The van der Waals surface area contributed by atoms with Crippen LogP contribution in [0.3, 0.4) is 0 Å². The van der Waals surface area contributed by atoms with Crippen molar-refractivity contribution in [2.75, 3.05) is 5.33 Å². The molecule has 0 amide bonds. The molecule has 0 aliphatic carbocycles. The lowest BCUT2D eigenvalue weighted by Crippen LogP contribution is -2.19. The summed E-state index contributed by atoms with van der Waals surface area (Å²) in [6, 6.07) is 0. The molecule has 86 valence electrons. The van der Waals surface area contributed by atoms with Crippen LogP contribution in [-0.2, 0) is 13.6 Å². The van der Waals surface area contributed by atoms with Gasteiger partial charge in [-0.2, -0.15) is 0 Å². The Morgan fingerprint density at radius 1 is 1.21 bits per heavy atom. The van der Waals surface area contributed by atoms with Crippen molar-refractivity contribution in [2.24, 2.45) is 0 Å². The van der Waals surface area contributed by atoms with E-state index in [2.05, 4.69) is 15.9 Å². The van der Waals surface area contributed by atoms with E-state index in [4.69, 9.17) is 9.05 Å². The SMILES string of the molecule is CC(C)OP(=O)(OC(C)C)C(O)CBr. The fourth-order valence-corrected chi connectivity index (χ4v) is 3.58. The minimum atomic E-state index is -3.41. The fraction of sp³-hybridized carbons (Fsp3) is 1.00. The molecule has 0 aromatic heterocycles. The molecule has 1 atom stereocenters. The molecule has 0 bridgehead atoms. The van der Waals surface area contributed by atoms with Crippen molar-refractivity contribution < 1.29 is 18.7 Å². The number of aliphatic hydroxyl groups is 1. The fourth-order valence-electron chi connectivity index (χ4n) is 0.838. The van der Waals surface area contributed by atoms with Gasteiger partial charge < -0.3 is 14.2 Å². The minimum Gasteiger partial charge on any atom is -0.380 e. The van der Waals surface area contributed by atoms with Crippen LogP contribution in [0.15, 0.2) is 0 Å². The topological polar surface area (TPSA) is 55.8 Å². The Balaban J connectivity index is 4.58. The third-order valence-electron chi connectivity index (χ3n) is 1.22. The van der Waals surface area contributed by atoms with Gasteiger partial charge in [0.15, 0.2) is 5.85 Å². The lowest BCUT2D eigenvalue weighted by atomic mass is 10.5. The Hall–Kier alpha value is 0.590. The molecule has 1 N–H and O–H groups in total. The summed E-state index contributed by atoms with van der Waals surface area (Å²) in [6.45, 7) is 6.99. The van der Waals surface area contributed by atoms with Gasteiger partial charge in [-0.05, 0) is 27.7 Å². The van der Waals surface area contributed by atoms with Crippen molar-refractivity contribution in [3.05, 3.63) is 0 Å². The summed E-state index contributed by atoms with van der Waals surface area (Å²) in [6.07, 6.45) is -0.485. The highest BCUT2D eigenvalue weighted by Gasteiger charge is 2.35. The smallest absolute Gasteiger partial charge is 0.360 e. The van der Waals surface area contributed by atoms with E-state index in [1.165, 1.54) is 0 Å². The summed E-state index contributed by atoms with van der Waals surface area (Å²) in [5, 5.41) is 9.69. The molecular formula is C8H18BrO4P. The molecule has 0 aromatic rings. The molecular weight excluding hydrogens is 271 g/mol. The highest BCUT2D eigenvalue weighted by molar-refractivity contribution is 9.09. The van der Waals surface area contributed by atoms with Crippen molar-refractivity contribution in [2.45, 2.75) is 45.7 Å². The van der Waals surface area contributed by atoms with E-state index in [9.17, 15) is 9.67 Å². The first-order valence-electron chi connectivity index (χ1n) is 4.52. The maximum Gasteiger partial charge on any atom is 0.360 e. The maximum absolute atomic E-state index is 12.0. The minimum absolute atomic E-state index is 0.170. The standard InChI is InChI=1S/C8H18BrO4P/c1-6(2)12-14(11,8(10)5-9)13-7(3)4/h6-8,10H,5H2,1-4H3. The Kier molecular flexibility index (Phi) is 6.50. The van der Waals surface area contributed by atoms with Gasteiger partial charge in [-0.25, -0.2) is 0 Å². The molecule has 0 saturated heterocycles. The number of aliphatic hydroxyl groups excluding tert-OH is 1. The van der Waals surface area contributed by atoms with Gasteiger partial charge >= 0.3 is 7.60 Å². The summed E-state index contributed by atoms with van der Waals surface area (Å²) in [5.74, 6) is -1.12. The molecule has 0 saturated carbocycles. The number of halogens is 1. The van der Waals surface area contributed by atoms with Crippen LogP contribution in [0.25, 0.3) is 0 Å². The molecule has 0 rings (SSSR count). The normalized spacial score (nSPS) is 15.1. The van der Waals surface area contributed by atoms with Crippen LogP contribution in [0.2, 0.25) is 0 Å². The highest BCUT2D eigenvalue weighted by atomic mass is 79.9. The second-order valence-corrected chi connectivity index (χ2v) is 6.23. The van der Waals surface area contributed by atoms with E-state index in [0.29, 0.717) is 0 Å². The molecule has 1 unspecified atom stereocenters. The first-order chi connectivity index (χ1) is 6.31. The van der Waals surface area contributed by atoms with Crippen molar-refractivity contribution in [1.29, 1.82) is 0 Å². The second kappa shape index (κ2) is 6.23. The molecule has 4 nitrogen and oxygen atoms in total. The van der Waals surface area contributed by atoms with E-state index < -0.39 is 13.4 Å². The van der Waals surface area contributed by atoms with Gasteiger partial charge in [0.1, 0.15) is 0 Å². The summed E-state index contributed by atoms with van der Waals surface area (Å²) < 4.78 is 22.3. The third-order valence-corrected chi connectivity index (χ3v) is 4.68. The first kappa shape index (κ1) is 14.6. The van der Waals surface area contributed by atoms with E-state index in [1.807, 2.05) is 0 Å². The lowest BCUT2D eigenvalue weighted by Gasteiger charge is -2.25. The quantitative estimate of drug-likeness (QED) is 0.603. The molecule has 0 fully saturated rings. The first-order valence-corrected chi connectivity index (χ1v) is 7.25. The van der Waals surface area contributed by atoms with Crippen LogP contribution in [0, 0.1) is 0 Å². The average Bonchev–Trinajstić information content (AvgIpc) is 1.99. The number of rotatable bonds is 6. The van der Waals surface area contributed by atoms with Crippen molar-refractivity contribution >= 4 is 23.5 Å². The van der Waals surface area contributed by atoms with Gasteiger partial charge in [0.2, 0.25) is 0 Å². The molecule has 0 aromatic carbocycles. The van der Waals surface area contributed by atoms with Gasteiger partial charge in [0.25, 0.3) is 0 Å². The van der Waals surface area contributed by atoms with E-state index in [1.54, 1.807) is 27.7 Å². The monoisotopic (exact) mass is 288 g/mol. The molecule has 0 aliphatic rings. The van der Waals surface area contributed by atoms with Crippen LogP contribution in [0.4, 0.5) is 0 Å². The van der Waals surface area contributed by atoms with Gasteiger partial charge in [-0.3, -0.25) is 4.57 Å². The van der Waals surface area contributed by atoms with Crippen LogP contribution in [0.1, 0.15) is 27.7 Å². The largest absolute Gasteiger partial charge is 0.380 e. The zero-order valence-corrected chi connectivity index (χ0v) is 11.4. The molecule has 6 heteroatoms. The third kappa shape index (κ3) is 4.89. The molecule has 0 heterocycles. The van der Waals surface area contributed by atoms with Crippen molar-refractivity contribution in [1.82, 2.24) is 0 Å². The zero-order valence-electron chi connectivity index (χ0n) is 8.94. The molecule has 14 heavy (non-hydrogen) atoms. The van der Waals surface area contributed by atoms with E-state index in [-0.39, 0.29) is 17.5 Å². The maximum atomic E-state index is 12.0. The number of alkyl halides is 1. The summed E-state index contributed by atoms with van der Waals surface area (Å²) >= 11 is 3.05. The highest BCUT2D eigenvalue weighted by Crippen LogP contribution is 2.54. The van der Waals surface area contributed by atoms with Crippen LogP contribution >= 0.6 is 23.5 Å². The summed E-state index contributed by atoms with van der Waals surface area (Å²) in [7, 11) is -3.41. The molecule has 0 aliphatic heterocycles.